The minimum atomic E-state index is 0.164. The van der Waals surface area contributed by atoms with Gasteiger partial charge in [0.05, 0.1) is 7.11 Å². The third-order valence-electron chi connectivity index (χ3n) is 4.23. The van der Waals surface area contributed by atoms with Crippen LogP contribution >= 0.6 is 0 Å². The lowest BCUT2D eigenvalue weighted by molar-refractivity contribution is 0.168. The molecule has 1 aromatic rings. The summed E-state index contributed by atoms with van der Waals surface area (Å²) in [5, 5.41) is 0. The van der Waals surface area contributed by atoms with Gasteiger partial charge in [-0.2, -0.15) is 0 Å². The predicted octanol–water partition coefficient (Wildman–Crippen LogP) is 2.33. The van der Waals surface area contributed by atoms with Crippen molar-refractivity contribution in [1.29, 1.82) is 0 Å². The topological polar surface area (TPSA) is 61.0 Å². The molecule has 18 heavy (non-hydrogen) atoms. The molecule has 100 valence electrons. The van der Waals surface area contributed by atoms with Crippen molar-refractivity contribution in [3.05, 3.63) is 18.1 Å². The van der Waals surface area contributed by atoms with Crippen LogP contribution < -0.4 is 10.5 Å². The lowest BCUT2D eigenvalue weighted by Crippen LogP contribution is -2.42. The van der Waals surface area contributed by atoms with Crippen molar-refractivity contribution < 1.29 is 4.74 Å². The van der Waals surface area contributed by atoms with Crippen molar-refractivity contribution in [3.8, 4) is 5.88 Å². The number of rotatable bonds is 4. The van der Waals surface area contributed by atoms with Gasteiger partial charge >= 0.3 is 0 Å². The molecule has 0 amide bonds. The lowest BCUT2D eigenvalue weighted by Gasteiger charge is -2.38. The molecule has 4 heteroatoms. The van der Waals surface area contributed by atoms with Crippen LogP contribution in [0, 0.1) is 5.41 Å². The first-order valence-electron chi connectivity index (χ1n) is 6.74. The molecule has 1 fully saturated rings. The fraction of sp³-hybridized carbons (Fsp3) is 0.714. The standard InChI is InChI=1S/C14H23N3O/c1-14(6-4-3-5-7-14)12(15)8-11-9-13(18-2)17-10-16-11/h9-10,12H,3-8,15H2,1-2H3. The molecule has 0 spiro atoms. The van der Waals surface area contributed by atoms with Crippen LogP contribution in [0.5, 0.6) is 5.88 Å². The van der Waals surface area contributed by atoms with E-state index in [0.29, 0.717) is 5.88 Å². The van der Waals surface area contributed by atoms with Crippen LogP contribution in [0.3, 0.4) is 0 Å². The summed E-state index contributed by atoms with van der Waals surface area (Å²) in [4.78, 5) is 8.30. The number of nitrogens with zero attached hydrogens (tertiary/aromatic N) is 2. The second-order valence-corrected chi connectivity index (χ2v) is 5.58. The number of methoxy groups -OCH3 is 1. The van der Waals surface area contributed by atoms with Gasteiger partial charge in [0.25, 0.3) is 0 Å². The average Bonchev–Trinajstić information content (AvgIpc) is 2.40. The molecule has 1 atom stereocenters. The zero-order valence-corrected chi connectivity index (χ0v) is 11.4. The van der Waals surface area contributed by atoms with Crippen LogP contribution in [-0.4, -0.2) is 23.1 Å². The fourth-order valence-electron chi connectivity index (χ4n) is 2.80. The molecular weight excluding hydrogens is 226 g/mol. The van der Waals surface area contributed by atoms with Crippen molar-refractivity contribution in [3.63, 3.8) is 0 Å². The number of ether oxygens (including phenoxy) is 1. The molecule has 2 rings (SSSR count). The van der Waals surface area contributed by atoms with Gasteiger partial charge in [-0.05, 0) is 18.3 Å². The van der Waals surface area contributed by atoms with E-state index in [4.69, 9.17) is 10.5 Å². The molecule has 0 radical (unpaired) electrons. The normalized spacial score (nSPS) is 20.4. The monoisotopic (exact) mass is 249 g/mol. The molecular formula is C14H23N3O. The maximum absolute atomic E-state index is 6.41. The molecule has 1 saturated carbocycles. The van der Waals surface area contributed by atoms with Gasteiger partial charge < -0.3 is 10.5 Å². The van der Waals surface area contributed by atoms with Crippen molar-refractivity contribution in [1.82, 2.24) is 9.97 Å². The van der Waals surface area contributed by atoms with E-state index in [0.717, 1.165) is 12.1 Å². The summed E-state index contributed by atoms with van der Waals surface area (Å²) in [6.45, 7) is 2.31. The predicted molar refractivity (Wildman–Crippen MR) is 71.5 cm³/mol. The van der Waals surface area contributed by atoms with E-state index in [1.807, 2.05) is 6.07 Å². The summed E-state index contributed by atoms with van der Waals surface area (Å²) < 4.78 is 5.12. The van der Waals surface area contributed by atoms with Crippen LogP contribution in [-0.2, 0) is 6.42 Å². The Morgan fingerprint density at radius 1 is 1.33 bits per heavy atom. The second-order valence-electron chi connectivity index (χ2n) is 5.58. The zero-order valence-electron chi connectivity index (χ0n) is 11.4. The summed E-state index contributed by atoms with van der Waals surface area (Å²) in [5.41, 5.74) is 7.64. The van der Waals surface area contributed by atoms with Gasteiger partial charge in [0.1, 0.15) is 6.33 Å². The highest BCUT2D eigenvalue weighted by Crippen LogP contribution is 2.38. The quantitative estimate of drug-likeness (QED) is 0.889. The molecule has 1 aliphatic carbocycles. The van der Waals surface area contributed by atoms with Crippen molar-refractivity contribution >= 4 is 0 Å². The molecule has 1 unspecified atom stereocenters. The second kappa shape index (κ2) is 5.65. The van der Waals surface area contributed by atoms with Gasteiger partial charge in [0, 0.05) is 24.2 Å². The Bertz CT molecular complexity index is 388. The third-order valence-corrected chi connectivity index (χ3v) is 4.23. The SMILES string of the molecule is COc1cc(CC(N)C2(C)CCCCC2)ncn1. The third kappa shape index (κ3) is 2.99. The highest BCUT2D eigenvalue weighted by molar-refractivity contribution is 5.15. The van der Waals surface area contributed by atoms with Gasteiger partial charge in [-0.15, -0.1) is 0 Å². The summed E-state index contributed by atoms with van der Waals surface area (Å²) in [5.74, 6) is 0.612. The molecule has 0 saturated heterocycles. The van der Waals surface area contributed by atoms with E-state index in [9.17, 15) is 0 Å². The van der Waals surface area contributed by atoms with E-state index in [2.05, 4.69) is 16.9 Å². The number of aromatic nitrogens is 2. The van der Waals surface area contributed by atoms with Gasteiger partial charge in [0.15, 0.2) is 0 Å². The Balaban J connectivity index is 2.03. The van der Waals surface area contributed by atoms with E-state index in [1.54, 1.807) is 13.4 Å². The summed E-state index contributed by atoms with van der Waals surface area (Å²) in [6, 6.07) is 2.05. The molecule has 2 N–H and O–H groups in total. The van der Waals surface area contributed by atoms with Crippen LogP contribution in [0.4, 0.5) is 0 Å². The highest BCUT2D eigenvalue weighted by atomic mass is 16.5. The van der Waals surface area contributed by atoms with Crippen molar-refractivity contribution in [2.45, 2.75) is 51.5 Å². The highest BCUT2D eigenvalue weighted by Gasteiger charge is 2.33. The van der Waals surface area contributed by atoms with E-state index in [1.165, 1.54) is 32.1 Å². The zero-order chi connectivity index (χ0) is 13.0. The smallest absolute Gasteiger partial charge is 0.216 e. The molecule has 1 aromatic heterocycles. The fourth-order valence-corrected chi connectivity index (χ4v) is 2.80. The minimum Gasteiger partial charge on any atom is -0.481 e. The first-order valence-corrected chi connectivity index (χ1v) is 6.74. The minimum absolute atomic E-state index is 0.164. The summed E-state index contributed by atoms with van der Waals surface area (Å²) in [7, 11) is 1.62. The maximum atomic E-state index is 6.41. The first-order chi connectivity index (χ1) is 8.64. The van der Waals surface area contributed by atoms with Crippen LogP contribution in [0.1, 0.15) is 44.7 Å². The molecule has 0 aromatic carbocycles. The summed E-state index contributed by atoms with van der Waals surface area (Å²) in [6.07, 6.45) is 8.77. The first kappa shape index (κ1) is 13.3. The van der Waals surface area contributed by atoms with E-state index >= 15 is 0 Å². The molecule has 4 nitrogen and oxygen atoms in total. The van der Waals surface area contributed by atoms with E-state index in [-0.39, 0.29) is 11.5 Å². The van der Waals surface area contributed by atoms with Gasteiger partial charge in [0.2, 0.25) is 5.88 Å². The Morgan fingerprint density at radius 3 is 2.72 bits per heavy atom. The Morgan fingerprint density at radius 2 is 2.06 bits per heavy atom. The van der Waals surface area contributed by atoms with Crippen LogP contribution in [0.15, 0.2) is 12.4 Å². The molecule has 1 aliphatic rings. The van der Waals surface area contributed by atoms with Crippen LogP contribution in [0.2, 0.25) is 0 Å². The van der Waals surface area contributed by atoms with Crippen molar-refractivity contribution in [2.24, 2.45) is 11.1 Å². The van der Waals surface area contributed by atoms with E-state index < -0.39 is 0 Å². The van der Waals surface area contributed by atoms with Crippen LogP contribution in [0.25, 0.3) is 0 Å². The number of hydrogen-bond donors (Lipinski definition) is 1. The molecule has 0 aliphatic heterocycles. The van der Waals surface area contributed by atoms with Gasteiger partial charge in [-0.25, -0.2) is 9.97 Å². The van der Waals surface area contributed by atoms with Gasteiger partial charge in [-0.3, -0.25) is 0 Å². The van der Waals surface area contributed by atoms with Gasteiger partial charge in [-0.1, -0.05) is 26.2 Å². The number of nitrogens with two attached hydrogens (primary N) is 1. The largest absolute Gasteiger partial charge is 0.481 e. The maximum Gasteiger partial charge on any atom is 0.216 e. The Kier molecular flexibility index (Phi) is 4.17. The Labute approximate surface area is 109 Å². The van der Waals surface area contributed by atoms with Crippen molar-refractivity contribution in [2.75, 3.05) is 7.11 Å². The molecule has 0 bridgehead atoms. The average molecular weight is 249 g/mol. The lowest BCUT2D eigenvalue weighted by atomic mass is 9.70. The summed E-state index contributed by atoms with van der Waals surface area (Å²) >= 11 is 0. The number of hydrogen-bond acceptors (Lipinski definition) is 4. The molecule has 1 heterocycles. The Hall–Kier alpha value is -1.16.